The molecule has 1 saturated carbocycles. The van der Waals surface area contributed by atoms with E-state index in [9.17, 15) is 0 Å². The number of piperidine rings is 1. The molecule has 2 aliphatic rings. The van der Waals surface area contributed by atoms with Crippen molar-refractivity contribution in [3.05, 3.63) is 47.5 Å². The SMILES string of the molecule is COc1ccc(-c2[nH]c3ccc(CC4CCC(NC5CCN(C)CC5)CC4)cc3c2C(C)C)cc1OC. The predicted molar refractivity (Wildman–Crippen MR) is 154 cm³/mol. The fraction of sp³-hybridized carbons (Fsp3) is 0.562. The van der Waals surface area contributed by atoms with Crippen LogP contribution < -0.4 is 14.8 Å². The third kappa shape index (κ3) is 5.83. The maximum atomic E-state index is 5.59. The lowest BCUT2D eigenvalue weighted by Gasteiger charge is -2.35. The number of nitrogens with one attached hydrogen (secondary N) is 2. The van der Waals surface area contributed by atoms with Crippen molar-refractivity contribution in [1.29, 1.82) is 0 Å². The first kappa shape index (κ1) is 26.1. The van der Waals surface area contributed by atoms with E-state index in [0.717, 1.165) is 29.0 Å². The summed E-state index contributed by atoms with van der Waals surface area (Å²) in [6, 6.07) is 14.7. The molecule has 1 saturated heterocycles. The Morgan fingerprint density at radius 2 is 1.59 bits per heavy atom. The van der Waals surface area contributed by atoms with E-state index in [1.165, 1.54) is 85.8 Å². The van der Waals surface area contributed by atoms with Gasteiger partial charge in [0.05, 0.1) is 19.9 Å². The van der Waals surface area contributed by atoms with Crippen LogP contribution in [0.3, 0.4) is 0 Å². The first-order valence-electron chi connectivity index (χ1n) is 14.3. The van der Waals surface area contributed by atoms with Gasteiger partial charge in [0.1, 0.15) is 0 Å². The van der Waals surface area contributed by atoms with Crippen molar-refractivity contribution in [3.63, 3.8) is 0 Å². The molecule has 2 fully saturated rings. The summed E-state index contributed by atoms with van der Waals surface area (Å²) in [5, 5.41) is 5.35. The Hall–Kier alpha value is -2.50. The van der Waals surface area contributed by atoms with Crippen molar-refractivity contribution >= 4 is 10.9 Å². The van der Waals surface area contributed by atoms with Crippen LogP contribution in [0.5, 0.6) is 11.5 Å². The highest BCUT2D eigenvalue weighted by atomic mass is 16.5. The number of aromatic amines is 1. The second-order valence-electron chi connectivity index (χ2n) is 11.7. The van der Waals surface area contributed by atoms with Gasteiger partial charge in [-0.15, -0.1) is 0 Å². The van der Waals surface area contributed by atoms with Crippen molar-refractivity contribution in [2.45, 2.75) is 76.8 Å². The number of benzene rings is 2. The highest BCUT2D eigenvalue weighted by molar-refractivity contribution is 5.92. The highest BCUT2D eigenvalue weighted by Gasteiger charge is 2.25. The lowest BCUT2D eigenvalue weighted by molar-refractivity contribution is 0.202. The number of nitrogens with zero attached hydrogens (tertiary/aromatic N) is 1. The van der Waals surface area contributed by atoms with Crippen LogP contribution in [0, 0.1) is 5.92 Å². The second kappa shape index (κ2) is 11.5. The zero-order chi connectivity index (χ0) is 25.9. The Balaban J connectivity index is 1.29. The summed E-state index contributed by atoms with van der Waals surface area (Å²) >= 11 is 0. The molecule has 1 aliphatic heterocycles. The smallest absolute Gasteiger partial charge is 0.161 e. The van der Waals surface area contributed by atoms with Crippen molar-refractivity contribution in [2.75, 3.05) is 34.4 Å². The number of H-pyrrole nitrogens is 1. The molecule has 0 spiro atoms. The standard InChI is InChI=1S/C32H45N3O2/c1-21(2)31-27-19-23(18-22-6-10-25(11-7-22)33-26-14-16-35(3)17-15-26)8-12-28(27)34-32(31)24-9-13-29(36-4)30(20-24)37-5/h8-9,12-13,19-22,25-26,33-34H,6-7,10-11,14-18H2,1-5H3. The van der Waals surface area contributed by atoms with Gasteiger partial charge in [-0.1, -0.05) is 19.9 Å². The lowest BCUT2D eigenvalue weighted by Crippen LogP contribution is -2.46. The molecule has 200 valence electrons. The molecule has 5 heteroatoms. The van der Waals surface area contributed by atoms with Crippen LogP contribution in [-0.4, -0.2) is 56.3 Å². The zero-order valence-electron chi connectivity index (χ0n) is 23.4. The number of rotatable bonds is 8. The molecule has 1 aromatic heterocycles. The molecule has 5 nitrogen and oxygen atoms in total. The minimum Gasteiger partial charge on any atom is -0.493 e. The average Bonchev–Trinajstić information content (AvgIpc) is 3.30. The van der Waals surface area contributed by atoms with E-state index < -0.39 is 0 Å². The van der Waals surface area contributed by atoms with E-state index in [0.29, 0.717) is 12.0 Å². The molecule has 2 aromatic carbocycles. The molecule has 3 aromatic rings. The van der Waals surface area contributed by atoms with Gasteiger partial charge < -0.3 is 24.7 Å². The summed E-state index contributed by atoms with van der Waals surface area (Å²) in [7, 11) is 5.62. The summed E-state index contributed by atoms with van der Waals surface area (Å²) in [6.07, 6.45) is 9.11. The Labute approximate surface area is 222 Å². The van der Waals surface area contributed by atoms with Crippen LogP contribution in [0.1, 0.15) is 69.4 Å². The normalized spacial score (nSPS) is 21.6. The maximum absolute atomic E-state index is 5.59. The van der Waals surface area contributed by atoms with Gasteiger partial charge in [0, 0.05) is 28.6 Å². The molecule has 37 heavy (non-hydrogen) atoms. The number of fused-ring (bicyclic) bond motifs is 1. The summed E-state index contributed by atoms with van der Waals surface area (Å²) < 4.78 is 11.0. The number of methoxy groups -OCH3 is 2. The summed E-state index contributed by atoms with van der Waals surface area (Å²) in [6.45, 7) is 7.05. The monoisotopic (exact) mass is 503 g/mol. The molecular weight excluding hydrogens is 458 g/mol. The molecule has 0 amide bonds. The molecule has 2 heterocycles. The van der Waals surface area contributed by atoms with Crippen LogP contribution in [0.15, 0.2) is 36.4 Å². The van der Waals surface area contributed by atoms with E-state index in [1.54, 1.807) is 14.2 Å². The Morgan fingerprint density at radius 1 is 0.892 bits per heavy atom. The molecule has 5 rings (SSSR count). The number of hydrogen-bond acceptors (Lipinski definition) is 4. The van der Waals surface area contributed by atoms with Crippen LogP contribution in [0.2, 0.25) is 0 Å². The van der Waals surface area contributed by atoms with Gasteiger partial charge in [-0.2, -0.15) is 0 Å². The molecule has 0 unspecified atom stereocenters. The van der Waals surface area contributed by atoms with Crippen LogP contribution in [0.4, 0.5) is 0 Å². The number of hydrogen-bond donors (Lipinski definition) is 2. The van der Waals surface area contributed by atoms with Gasteiger partial charge in [-0.05, 0) is 118 Å². The van der Waals surface area contributed by atoms with E-state index >= 15 is 0 Å². The van der Waals surface area contributed by atoms with Crippen molar-refractivity contribution in [2.24, 2.45) is 5.92 Å². The van der Waals surface area contributed by atoms with Gasteiger partial charge in [-0.3, -0.25) is 0 Å². The van der Waals surface area contributed by atoms with E-state index in [4.69, 9.17) is 9.47 Å². The largest absolute Gasteiger partial charge is 0.493 e. The minimum atomic E-state index is 0.410. The van der Waals surface area contributed by atoms with E-state index in [1.807, 2.05) is 6.07 Å². The van der Waals surface area contributed by atoms with E-state index in [-0.39, 0.29) is 0 Å². The second-order valence-corrected chi connectivity index (χ2v) is 11.7. The topological polar surface area (TPSA) is 49.5 Å². The van der Waals surface area contributed by atoms with Gasteiger partial charge in [-0.25, -0.2) is 0 Å². The molecule has 1 aliphatic carbocycles. The predicted octanol–water partition coefficient (Wildman–Crippen LogP) is 6.76. The summed E-state index contributed by atoms with van der Waals surface area (Å²) in [4.78, 5) is 6.18. The third-order valence-corrected chi connectivity index (χ3v) is 8.71. The Kier molecular flexibility index (Phi) is 8.11. The molecule has 0 radical (unpaired) electrons. The number of aromatic nitrogens is 1. The first-order chi connectivity index (χ1) is 17.9. The molecule has 2 N–H and O–H groups in total. The molecule has 0 atom stereocenters. The minimum absolute atomic E-state index is 0.410. The van der Waals surface area contributed by atoms with Gasteiger partial charge >= 0.3 is 0 Å². The van der Waals surface area contributed by atoms with Crippen molar-refractivity contribution in [1.82, 2.24) is 15.2 Å². The lowest BCUT2D eigenvalue weighted by atomic mass is 9.81. The fourth-order valence-electron chi connectivity index (χ4n) is 6.58. The Morgan fingerprint density at radius 3 is 2.27 bits per heavy atom. The number of likely N-dealkylation sites (tertiary alicyclic amines) is 1. The van der Waals surface area contributed by atoms with Crippen LogP contribution in [-0.2, 0) is 6.42 Å². The quantitative estimate of drug-likeness (QED) is 0.357. The first-order valence-corrected chi connectivity index (χ1v) is 14.3. The third-order valence-electron chi connectivity index (χ3n) is 8.71. The molecule has 0 bridgehead atoms. The summed E-state index contributed by atoms with van der Waals surface area (Å²) in [5.74, 6) is 2.72. The average molecular weight is 504 g/mol. The van der Waals surface area contributed by atoms with Gasteiger partial charge in [0.25, 0.3) is 0 Å². The van der Waals surface area contributed by atoms with Crippen molar-refractivity contribution in [3.8, 4) is 22.8 Å². The zero-order valence-corrected chi connectivity index (χ0v) is 23.4. The summed E-state index contributed by atoms with van der Waals surface area (Å²) in [5.41, 5.74) is 6.38. The van der Waals surface area contributed by atoms with Crippen LogP contribution >= 0.6 is 0 Å². The van der Waals surface area contributed by atoms with Crippen molar-refractivity contribution < 1.29 is 9.47 Å². The van der Waals surface area contributed by atoms with Gasteiger partial charge in [0.15, 0.2) is 11.5 Å². The number of ether oxygens (including phenoxy) is 2. The van der Waals surface area contributed by atoms with Crippen LogP contribution in [0.25, 0.3) is 22.2 Å². The molecular formula is C32H45N3O2. The highest BCUT2D eigenvalue weighted by Crippen LogP contribution is 2.39. The van der Waals surface area contributed by atoms with E-state index in [2.05, 4.69) is 66.4 Å². The van der Waals surface area contributed by atoms with Gasteiger partial charge in [0.2, 0.25) is 0 Å². The Bertz CT molecular complexity index is 1180. The fourth-order valence-corrected chi connectivity index (χ4v) is 6.58. The maximum Gasteiger partial charge on any atom is 0.161 e.